The average Bonchev–Trinajstić information content (AvgIpc) is 2.84. The maximum atomic E-state index is 13.5. The van der Waals surface area contributed by atoms with Gasteiger partial charge in [0.1, 0.15) is 0 Å². The summed E-state index contributed by atoms with van der Waals surface area (Å²) < 4.78 is 27.7. The van der Waals surface area contributed by atoms with Crippen LogP contribution >= 0.6 is 27.3 Å². The van der Waals surface area contributed by atoms with E-state index >= 15 is 0 Å². The number of rotatable bonds is 6. The maximum Gasteiger partial charge on any atom is 0.169 e. The van der Waals surface area contributed by atoms with Crippen LogP contribution in [0, 0.1) is 11.6 Å². The van der Waals surface area contributed by atoms with E-state index in [2.05, 4.69) is 15.9 Å². The molecule has 0 amide bonds. The summed E-state index contributed by atoms with van der Waals surface area (Å²) in [5, 5.41) is 2.04. The van der Waals surface area contributed by atoms with E-state index in [0.717, 1.165) is 15.4 Å². The first-order chi connectivity index (χ1) is 9.97. The second-order valence-electron chi connectivity index (χ2n) is 4.77. The van der Waals surface area contributed by atoms with Gasteiger partial charge in [-0.1, -0.05) is 6.07 Å². The van der Waals surface area contributed by atoms with Gasteiger partial charge in [-0.2, -0.15) is 0 Å². The standard InChI is InChI=1S/C15H14BrF2NOS/c1-19(8-10-7-14(16)21-9-10)6-5-13(20)11-3-2-4-12(17)15(11)18/h2-4,7,9H,5-6,8H2,1H3. The number of hydrogen-bond donors (Lipinski definition) is 0. The van der Waals surface area contributed by atoms with E-state index in [1.807, 2.05) is 23.4 Å². The third kappa shape index (κ3) is 4.43. The van der Waals surface area contributed by atoms with Crippen molar-refractivity contribution in [3.8, 4) is 0 Å². The molecule has 2 rings (SSSR count). The van der Waals surface area contributed by atoms with Gasteiger partial charge in [-0.25, -0.2) is 8.78 Å². The molecule has 2 aromatic rings. The van der Waals surface area contributed by atoms with Crippen molar-refractivity contribution in [3.05, 3.63) is 56.2 Å². The fraction of sp³-hybridized carbons (Fsp3) is 0.267. The molecule has 1 heterocycles. The number of halogens is 3. The quantitative estimate of drug-likeness (QED) is 0.695. The molecule has 0 aliphatic rings. The van der Waals surface area contributed by atoms with E-state index in [1.165, 1.54) is 12.1 Å². The first-order valence-electron chi connectivity index (χ1n) is 6.36. The van der Waals surface area contributed by atoms with E-state index in [1.54, 1.807) is 11.3 Å². The minimum Gasteiger partial charge on any atom is -0.302 e. The Labute approximate surface area is 134 Å². The van der Waals surface area contributed by atoms with E-state index in [-0.39, 0.29) is 17.8 Å². The normalized spacial score (nSPS) is 11.1. The van der Waals surface area contributed by atoms with Crippen LogP contribution in [0.25, 0.3) is 0 Å². The molecule has 0 aliphatic heterocycles. The summed E-state index contributed by atoms with van der Waals surface area (Å²) in [6, 6.07) is 5.69. The van der Waals surface area contributed by atoms with E-state index < -0.39 is 11.6 Å². The van der Waals surface area contributed by atoms with Crippen LogP contribution in [-0.2, 0) is 6.54 Å². The van der Waals surface area contributed by atoms with Gasteiger partial charge in [0.25, 0.3) is 0 Å². The van der Waals surface area contributed by atoms with Crippen LogP contribution < -0.4 is 0 Å². The predicted molar refractivity (Wildman–Crippen MR) is 83.7 cm³/mol. The molecule has 2 nitrogen and oxygen atoms in total. The van der Waals surface area contributed by atoms with Crippen molar-refractivity contribution in [2.75, 3.05) is 13.6 Å². The van der Waals surface area contributed by atoms with Crippen LogP contribution in [0.3, 0.4) is 0 Å². The molecule has 6 heteroatoms. The molecule has 0 saturated heterocycles. The molecule has 0 saturated carbocycles. The van der Waals surface area contributed by atoms with Gasteiger partial charge < -0.3 is 4.90 Å². The zero-order valence-corrected chi connectivity index (χ0v) is 13.8. The zero-order valence-electron chi connectivity index (χ0n) is 11.4. The Bertz CT molecular complexity index is 644. The summed E-state index contributed by atoms with van der Waals surface area (Å²) in [5.74, 6) is -2.44. The number of carbonyl (C=O) groups excluding carboxylic acids is 1. The lowest BCUT2D eigenvalue weighted by molar-refractivity contribution is 0.0963. The molecule has 112 valence electrons. The van der Waals surface area contributed by atoms with Crippen LogP contribution in [-0.4, -0.2) is 24.3 Å². The van der Waals surface area contributed by atoms with Crippen LogP contribution in [0.1, 0.15) is 22.3 Å². The molecule has 0 N–H and O–H groups in total. The Morgan fingerprint density at radius 2 is 2.14 bits per heavy atom. The van der Waals surface area contributed by atoms with Gasteiger partial charge in [-0.05, 0) is 52.1 Å². The smallest absolute Gasteiger partial charge is 0.169 e. The molecule has 0 radical (unpaired) electrons. The van der Waals surface area contributed by atoms with Gasteiger partial charge in [-0.3, -0.25) is 4.79 Å². The lowest BCUT2D eigenvalue weighted by Gasteiger charge is -2.15. The number of Topliss-reactive ketones (excluding diaryl/α,β-unsaturated/α-hetero) is 1. The zero-order chi connectivity index (χ0) is 15.4. The van der Waals surface area contributed by atoms with Crippen molar-refractivity contribution in [3.63, 3.8) is 0 Å². The molecule has 0 fully saturated rings. The van der Waals surface area contributed by atoms with Gasteiger partial charge in [0.2, 0.25) is 0 Å². The third-order valence-electron chi connectivity index (χ3n) is 3.05. The monoisotopic (exact) mass is 373 g/mol. The molecule has 0 spiro atoms. The maximum absolute atomic E-state index is 13.5. The SMILES string of the molecule is CN(CCC(=O)c1cccc(F)c1F)Cc1csc(Br)c1. The van der Waals surface area contributed by atoms with Crippen molar-refractivity contribution < 1.29 is 13.6 Å². The highest BCUT2D eigenvalue weighted by molar-refractivity contribution is 9.11. The summed E-state index contributed by atoms with van der Waals surface area (Å²) in [7, 11) is 1.89. The number of thiophene rings is 1. The Morgan fingerprint density at radius 3 is 2.81 bits per heavy atom. The second kappa shape index (κ2) is 7.24. The Morgan fingerprint density at radius 1 is 1.38 bits per heavy atom. The fourth-order valence-corrected chi connectivity index (χ4v) is 3.17. The highest BCUT2D eigenvalue weighted by Gasteiger charge is 2.15. The Hall–Kier alpha value is -1.11. The fourth-order valence-electron chi connectivity index (χ4n) is 1.97. The number of nitrogens with zero attached hydrogens (tertiary/aromatic N) is 1. The first kappa shape index (κ1) is 16.3. The summed E-state index contributed by atoms with van der Waals surface area (Å²) >= 11 is 5.00. The Kier molecular flexibility index (Phi) is 5.61. The molecular weight excluding hydrogens is 360 g/mol. The number of ketones is 1. The van der Waals surface area contributed by atoms with Crippen molar-refractivity contribution >= 4 is 33.0 Å². The van der Waals surface area contributed by atoms with Gasteiger partial charge in [-0.15, -0.1) is 11.3 Å². The summed E-state index contributed by atoms with van der Waals surface area (Å²) in [4.78, 5) is 13.9. The first-order valence-corrected chi connectivity index (χ1v) is 8.03. The van der Waals surface area contributed by atoms with E-state index in [4.69, 9.17) is 0 Å². The summed E-state index contributed by atoms with van der Waals surface area (Å²) in [6.07, 6.45) is 0.155. The summed E-state index contributed by atoms with van der Waals surface area (Å²) in [5.41, 5.74) is 0.973. The minimum atomic E-state index is -1.06. The molecule has 0 bridgehead atoms. The highest BCUT2D eigenvalue weighted by Crippen LogP contribution is 2.21. The van der Waals surface area contributed by atoms with Crippen LogP contribution in [0.2, 0.25) is 0 Å². The number of carbonyl (C=O) groups is 1. The average molecular weight is 374 g/mol. The third-order valence-corrected chi connectivity index (χ3v) is 4.60. The minimum absolute atomic E-state index is 0.155. The molecule has 0 aliphatic carbocycles. The molecular formula is C15H14BrF2NOS. The largest absolute Gasteiger partial charge is 0.302 e. The molecule has 0 atom stereocenters. The van der Waals surface area contributed by atoms with Gasteiger partial charge in [0.05, 0.1) is 9.35 Å². The van der Waals surface area contributed by atoms with Gasteiger partial charge >= 0.3 is 0 Å². The van der Waals surface area contributed by atoms with Crippen molar-refractivity contribution in [1.29, 1.82) is 0 Å². The van der Waals surface area contributed by atoms with Gasteiger partial charge in [0, 0.05) is 19.5 Å². The Balaban J connectivity index is 1.90. The van der Waals surface area contributed by atoms with Crippen molar-refractivity contribution in [2.45, 2.75) is 13.0 Å². The highest BCUT2D eigenvalue weighted by atomic mass is 79.9. The molecule has 21 heavy (non-hydrogen) atoms. The molecule has 1 aromatic heterocycles. The lowest BCUT2D eigenvalue weighted by Crippen LogP contribution is -2.21. The van der Waals surface area contributed by atoms with Crippen LogP contribution in [0.5, 0.6) is 0 Å². The number of benzene rings is 1. The van der Waals surface area contributed by atoms with Gasteiger partial charge in [0.15, 0.2) is 17.4 Å². The predicted octanol–water partition coefficient (Wildman–Crippen LogP) is 4.49. The topological polar surface area (TPSA) is 20.3 Å². The van der Waals surface area contributed by atoms with E-state index in [9.17, 15) is 13.6 Å². The second-order valence-corrected chi connectivity index (χ2v) is 7.06. The van der Waals surface area contributed by atoms with Crippen LogP contribution in [0.4, 0.5) is 8.78 Å². The van der Waals surface area contributed by atoms with Crippen molar-refractivity contribution in [2.24, 2.45) is 0 Å². The van der Waals surface area contributed by atoms with Crippen LogP contribution in [0.15, 0.2) is 33.4 Å². The number of hydrogen-bond acceptors (Lipinski definition) is 3. The molecule has 1 aromatic carbocycles. The lowest BCUT2D eigenvalue weighted by atomic mass is 10.1. The van der Waals surface area contributed by atoms with Crippen molar-refractivity contribution in [1.82, 2.24) is 4.90 Å². The van der Waals surface area contributed by atoms with E-state index in [0.29, 0.717) is 13.1 Å². The molecule has 0 unspecified atom stereocenters. The summed E-state index contributed by atoms with van der Waals surface area (Å²) in [6.45, 7) is 1.20.